The predicted octanol–water partition coefficient (Wildman–Crippen LogP) is 3.09. The number of carboxylic acid groups (broad SMARTS) is 1. The molecule has 1 aromatic carbocycles. The maximum Gasteiger partial charge on any atom is 0.309 e. The van der Waals surface area contributed by atoms with Crippen LogP contribution in [0, 0.1) is 17.0 Å². The minimum atomic E-state index is -1.38. The van der Waals surface area contributed by atoms with Crippen LogP contribution in [0.25, 0.3) is 0 Å². The SMILES string of the molecule is CC(C)(Cc1cc(Br)c(O)c(F)c1F)C(=O)O. The third kappa shape index (κ3) is 2.74. The zero-order valence-electron chi connectivity index (χ0n) is 9.22. The van der Waals surface area contributed by atoms with E-state index in [0.717, 1.165) is 0 Å². The van der Waals surface area contributed by atoms with Gasteiger partial charge in [-0.05, 0) is 47.8 Å². The predicted molar refractivity (Wildman–Crippen MR) is 60.8 cm³/mol. The van der Waals surface area contributed by atoms with Gasteiger partial charge in [0.1, 0.15) is 0 Å². The second kappa shape index (κ2) is 4.60. The molecule has 0 amide bonds. The van der Waals surface area contributed by atoms with Crippen molar-refractivity contribution in [1.29, 1.82) is 0 Å². The van der Waals surface area contributed by atoms with E-state index in [1.807, 2.05) is 0 Å². The van der Waals surface area contributed by atoms with Crippen molar-refractivity contribution in [1.82, 2.24) is 0 Å². The van der Waals surface area contributed by atoms with E-state index in [1.165, 1.54) is 19.9 Å². The molecule has 1 aromatic rings. The van der Waals surface area contributed by atoms with Crippen LogP contribution < -0.4 is 0 Å². The van der Waals surface area contributed by atoms with Crippen LogP contribution >= 0.6 is 15.9 Å². The van der Waals surface area contributed by atoms with Gasteiger partial charge >= 0.3 is 5.97 Å². The van der Waals surface area contributed by atoms with Gasteiger partial charge in [-0.2, -0.15) is 4.39 Å². The van der Waals surface area contributed by atoms with Crippen LogP contribution in [-0.2, 0) is 11.2 Å². The number of hydrogen-bond donors (Lipinski definition) is 2. The van der Waals surface area contributed by atoms with Gasteiger partial charge in [-0.15, -0.1) is 0 Å². The van der Waals surface area contributed by atoms with E-state index in [0.29, 0.717) is 0 Å². The summed E-state index contributed by atoms with van der Waals surface area (Å²) in [5, 5.41) is 18.1. The van der Waals surface area contributed by atoms with Crippen LogP contribution in [0.3, 0.4) is 0 Å². The zero-order chi connectivity index (χ0) is 13.4. The number of halogens is 3. The molecule has 0 aliphatic heterocycles. The minimum Gasteiger partial charge on any atom is -0.504 e. The fourth-order valence-corrected chi connectivity index (χ4v) is 1.77. The fraction of sp³-hybridized carbons (Fsp3) is 0.364. The first-order chi connectivity index (χ1) is 7.66. The Morgan fingerprint density at radius 2 is 1.94 bits per heavy atom. The van der Waals surface area contributed by atoms with Crippen molar-refractivity contribution in [3.8, 4) is 5.75 Å². The van der Waals surface area contributed by atoms with Crippen molar-refractivity contribution < 1.29 is 23.8 Å². The molecule has 1 rings (SSSR count). The highest BCUT2D eigenvalue weighted by atomic mass is 79.9. The van der Waals surface area contributed by atoms with Gasteiger partial charge in [0, 0.05) is 0 Å². The summed E-state index contributed by atoms with van der Waals surface area (Å²) in [5.41, 5.74) is -1.32. The summed E-state index contributed by atoms with van der Waals surface area (Å²) in [5.74, 6) is -4.53. The van der Waals surface area contributed by atoms with Crippen molar-refractivity contribution in [2.24, 2.45) is 5.41 Å². The molecule has 94 valence electrons. The summed E-state index contributed by atoms with van der Waals surface area (Å²) >= 11 is 2.87. The smallest absolute Gasteiger partial charge is 0.309 e. The lowest BCUT2D eigenvalue weighted by Gasteiger charge is -2.19. The summed E-state index contributed by atoms with van der Waals surface area (Å²) in [4.78, 5) is 10.9. The van der Waals surface area contributed by atoms with Crippen LogP contribution in [0.1, 0.15) is 19.4 Å². The Labute approximate surface area is 105 Å². The lowest BCUT2D eigenvalue weighted by molar-refractivity contribution is -0.146. The highest BCUT2D eigenvalue weighted by Crippen LogP contribution is 2.33. The first-order valence-electron chi connectivity index (χ1n) is 4.75. The van der Waals surface area contributed by atoms with Crippen LogP contribution in [-0.4, -0.2) is 16.2 Å². The van der Waals surface area contributed by atoms with Crippen LogP contribution in [0.2, 0.25) is 0 Å². The third-order valence-electron chi connectivity index (χ3n) is 2.42. The molecule has 0 radical (unpaired) electrons. The Hall–Kier alpha value is -1.17. The van der Waals surface area contributed by atoms with E-state index in [-0.39, 0.29) is 16.5 Å². The summed E-state index contributed by atoms with van der Waals surface area (Å²) in [7, 11) is 0. The van der Waals surface area contributed by atoms with Crippen molar-refractivity contribution >= 4 is 21.9 Å². The maximum absolute atomic E-state index is 13.5. The Morgan fingerprint density at radius 1 is 1.41 bits per heavy atom. The monoisotopic (exact) mass is 308 g/mol. The Kier molecular flexibility index (Phi) is 3.76. The minimum absolute atomic E-state index is 0.00686. The van der Waals surface area contributed by atoms with E-state index in [1.54, 1.807) is 0 Å². The van der Waals surface area contributed by atoms with E-state index >= 15 is 0 Å². The van der Waals surface area contributed by atoms with E-state index in [9.17, 15) is 13.6 Å². The number of aliphatic carboxylic acids is 1. The number of hydrogen-bond acceptors (Lipinski definition) is 2. The molecule has 17 heavy (non-hydrogen) atoms. The number of phenolic OH excluding ortho intramolecular Hbond substituents is 1. The molecule has 3 nitrogen and oxygen atoms in total. The molecule has 0 fully saturated rings. The van der Waals surface area contributed by atoms with Gasteiger partial charge in [-0.25, -0.2) is 4.39 Å². The lowest BCUT2D eigenvalue weighted by atomic mass is 9.85. The summed E-state index contributed by atoms with van der Waals surface area (Å²) in [6.45, 7) is 2.82. The molecular weight excluding hydrogens is 298 g/mol. The average Bonchev–Trinajstić information content (AvgIpc) is 2.22. The van der Waals surface area contributed by atoms with Crippen molar-refractivity contribution in [3.63, 3.8) is 0 Å². The molecular formula is C11H11BrF2O3. The third-order valence-corrected chi connectivity index (χ3v) is 3.03. The van der Waals surface area contributed by atoms with E-state index < -0.39 is 28.8 Å². The number of rotatable bonds is 3. The standard InChI is InChI=1S/C11H11BrF2O3/c1-11(2,10(16)17)4-5-3-6(12)9(15)8(14)7(5)13/h3,15H,4H2,1-2H3,(H,16,17). The molecule has 0 heterocycles. The first-order valence-corrected chi connectivity index (χ1v) is 5.55. The van der Waals surface area contributed by atoms with Crippen molar-refractivity contribution in [2.45, 2.75) is 20.3 Å². The molecule has 0 spiro atoms. The first kappa shape index (κ1) is 13.9. The van der Waals surface area contributed by atoms with E-state index in [4.69, 9.17) is 10.2 Å². The van der Waals surface area contributed by atoms with Gasteiger partial charge in [0.15, 0.2) is 11.6 Å². The summed E-state index contributed by atoms with van der Waals surface area (Å²) in [6, 6.07) is 1.18. The largest absolute Gasteiger partial charge is 0.504 e. The quantitative estimate of drug-likeness (QED) is 0.844. The summed E-state index contributed by atoms with van der Waals surface area (Å²) in [6.07, 6.45) is -0.177. The number of carbonyl (C=O) groups is 1. The Bertz CT molecular complexity index is 472. The van der Waals surface area contributed by atoms with Gasteiger partial charge in [0.25, 0.3) is 0 Å². The number of phenols is 1. The summed E-state index contributed by atoms with van der Waals surface area (Å²) < 4.78 is 26.7. The molecule has 2 N–H and O–H groups in total. The molecule has 0 unspecified atom stereocenters. The Morgan fingerprint density at radius 3 is 2.41 bits per heavy atom. The average molecular weight is 309 g/mol. The van der Waals surface area contributed by atoms with Crippen LogP contribution in [0.4, 0.5) is 8.78 Å². The second-order valence-corrected chi connectivity index (χ2v) is 5.21. The number of carboxylic acids is 1. The molecule has 6 heteroatoms. The molecule has 0 saturated heterocycles. The van der Waals surface area contributed by atoms with Gasteiger partial charge in [-0.3, -0.25) is 4.79 Å². The van der Waals surface area contributed by atoms with Gasteiger partial charge in [0.2, 0.25) is 5.82 Å². The van der Waals surface area contributed by atoms with Crippen molar-refractivity contribution in [3.05, 3.63) is 27.7 Å². The molecule has 0 aromatic heterocycles. The molecule has 0 aliphatic carbocycles. The highest BCUT2D eigenvalue weighted by molar-refractivity contribution is 9.10. The second-order valence-electron chi connectivity index (χ2n) is 4.36. The van der Waals surface area contributed by atoms with Gasteiger partial charge in [0.05, 0.1) is 9.89 Å². The normalized spacial score (nSPS) is 11.6. The number of benzene rings is 1. The zero-order valence-corrected chi connectivity index (χ0v) is 10.8. The fourth-order valence-electron chi connectivity index (χ4n) is 1.31. The van der Waals surface area contributed by atoms with E-state index in [2.05, 4.69) is 15.9 Å². The molecule has 0 aliphatic rings. The lowest BCUT2D eigenvalue weighted by Crippen LogP contribution is -2.26. The topological polar surface area (TPSA) is 57.5 Å². The number of aromatic hydroxyl groups is 1. The van der Waals surface area contributed by atoms with Crippen LogP contribution in [0.5, 0.6) is 5.75 Å². The maximum atomic E-state index is 13.5. The van der Waals surface area contributed by atoms with Crippen LogP contribution in [0.15, 0.2) is 10.5 Å². The molecule has 0 saturated carbocycles. The Balaban J connectivity index is 3.21. The van der Waals surface area contributed by atoms with Gasteiger partial charge in [-0.1, -0.05) is 0 Å². The molecule has 0 atom stereocenters. The molecule has 0 bridgehead atoms. The van der Waals surface area contributed by atoms with Crippen molar-refractivity contribution in [2.75, 3.05) is 0 Å². The van der Waals surface area contributed by atoms with Gasteiger partial charge < -0.3 is 10.2 Å². The highest BCUT2D eigenvalue weighted by Gasteiger charge is 2.30.